The van der Waals surface area contributed by atoms with Crippen LogP contribution < -0.4 is 5.32 Å². The number of Topliss-reactive ketones (excluding diaryl/α,β-unsaturated/α-hetero) is 1. The molecule has 0 aromatic carbocycles. The van der Waals surface area contributed by atoms with Gasteiger partial charge in [-0.1, -0.05) is 23.1 Å². The summed E-state index contributed by atoms with van der Waals surface area (Å²) in [4.78, 5) is 12.8. The molecule has 3 aromatic heterocycles. The van der Waals surface area contributed by atoms with E-state index in [0.717, 1.165) is 53.0 Å². The summed E-state index contributed by atoms with van der Waals surface area (Å²) < 4.78 is 14.0. The number of anilines is 1. The first-order valence-electron chi connectivity index (χ1n) is 9.64. The van der Waals surface area contributed by atoms with Gasteiger partial charge in [-0.25, -0.2) is 0 Å². The third-order valence-electron chi connectivity index (χ3n) is 5.01. The number of nitrogens with one attached hydrogen (secondary N) is 1. The van der Waals surface area contributed by atoms with E-state index >= 15 is 0 Å². The van der Waals surface area contributed by atoms with Gasteiger partial charge in [0.1, 0.15) is 5.76 Å². The van der Waals surface area contributed by atoms with Gasteiger partial charge in [-0.3, -0.25) is 4.79 Å². The molecule has 1 unspecified atom stereocenters. The first-order chi connectivity index (χ1) is 14.1. The van der Waals surface area contributed by atoms with Crippen LogP contribution in [-0.4, -0.2) is 39.0 Å². The van der Waals surface area contributed by atoms with Gasteiger partial charge in [0.05, 0.1) is 24.7 Å². The predicted octanol–water partition coefficient (Wildman–Crippen LogP) is 4.32. The van der Waals surface area contributed by atoms with Crippen molar-refractivity contribution >= 4 is 34.0 Å². The van der Waals surface area contributed by atoms with Crippen molar-refractivity contribution in [3.8, 4) is 0 Å². The highest BCUT2D eigenvalue weighted by Gasteiger charge is 2.21. The molecule has 29 heavy (non-hydrogen) atoms. The molecule has 4 rings (SSSR count). The smallest absolute Gasteiger partial charge is 0.206 e. The number of furan rings is 1. The van der Waals surface area contributed by atoms with E-state index in [9.17, 15) is 4.79 Å². The zero-order valence-electron chi connectivity index (χ0n) is 16.5. The molecule has 0 aliphatic carbocycles. The van der Waals surface area contributed by atoms with E-state index in [-0.39, 0.29) is 11.9 Å². The minimum atomic E-state index is 0.113. The largest absolute Gasteiger partial charge is 0.467 e. The number of carbonyl (C=O) groups excluding carboxylic acids is 1. The van der Waals surface area contributed by atoms with Gasteiger partial charge in [-0.2, -0.15) is 0 Å². The second kappa shape index (κ2) is 9.15. The Morgan fingerprint density at radius 3 is 3.07 bits per heavy atom. The molecule has 1 saturated heterocycles. The maximum absolute atomic E-state index is 12.8. The van der Waals surface area contributed by atoms with Gasteiger partial charge in [-0.15, -0.1) is 10.2 Å². The summed E-state index contributed by atoms with van der Waals surface area (Å²) >= 11 is 2.86. The van der Waals surface area contributed by atoms with Crippen LogP contribution in [0.2, 0.25) is 0 Å². The van der Waals surface area contributed by atoms with Crippen molar-refractivity contribution in [1.29, 1.82) is 0 Å². The molecule has 9 heteroatoms. The van der Waals surface area contributed by atoms with Crippen LogP contribution in [-0.2, 0) is 17.8 Å². The average molecular weight is 433 g/mol. The van der Waals surface area contributed by atoms with Crippen LogP contribution in [0.15, 0.2) is 33.2 Å². The highest BCUT2D eigenvalue weighted by Crippen LogP contribution is 2.28. The molecular formula is C20H24N4O3S2. The van der Waals surface area contributed by atoms with E-state index in [1.165, 1.54) is 23.1 Å². The fraction of sp³-hybridized carbons (Fsp3) is 0.450. The van der Waals surface area contributed by atoms with Crippen molar-refractivity contribution in [3.63, 3.8) is 0 Å². The van der Waals surface area contributed by atoms with Gasteiger partial charge < -0.3 is 19.0 Å². The number of hydrogen-bond donors (Lipinski definition) is 1. The molecule has 3 aromatic rings. The maximum atomic E-state index is 12.8. The lowest BCUT2D eigenvalue weighted by atomic mass is 10.2. The van der Waals surface area contributed by atoms with Crippen LogP contribution in [0, 0.1) is 13.8 Å². The van der Waals surface area contributed by atoms with Crippen molar-refractivity contribution < 1.29 is 13.9 Å². The van der Waals surface area contributed by atoms with Crippen molar-refractivity contribution in [1.82, 2.24) is 14.8 Å². The highest BCUT2D eigenvalue weighted by molar-refractivity contribution is 8.01. The Morgan fingerprint density at radius 1 is 1.41 bits per heavy atom. The summed E-state index contributed by atoms with van der Waals surface area (Å²) in [6, 6.07) is 5.74. The number of hydrogen-bond acceptors (Lipinski definition) is 8. The fourth-order valence-corrected chi connectivity index (χ4v) is 5.11. The van der Waals surface area contributed by atoms with Crippen molar-refractivity contribution in [2.45, 2.75) is 50.2 Å². The Hall–Kier alpha value is -2.10. The average Bonchev–Trinajstić information content (AvgIpc) is 3.50. The topological polar surface area (TPSA) is 82.2 Å². The molecule has 0 spiro atoms. The lowest BCUT2D eigenvalue weighted by Gasteiger charge is -2.14. The van der Waals surface area contributed by atoms with Crippen molar-refractivity contribution in [2.75, 3.05) is 17.7 Å². The van der Waals surface area contributed by atoms with Crippen LogP contribution in [0.25, 0.3) is 0 Å². The second-order valence-electron chi connectivity index (χ2n) is 7.05. The first-order valence-corrected chi connectivity index (χ1v) is 11.4. The van der Waals surface area contributed by atoms with Crippen LogP contribution in [0.1, 0.15) is 40.3 Å². The number of carbonyl (C=O) groups is 1. The van der Waals surface area contributed by atoms with E-state index in [1.54, 1.807) is 6.26 Å². The Morgan fingerprint density at radius 2 is 2.31 bits per heavy atom. The number of ether oxygens (including phenoxy) is 1. The summed E-state index contributed by atoms with van der Waals surface area (Å²) in [5.41, 5.74) is 2.90. The van der Waals surface area contributed by atoms with E-state index in [0.29, 0.717) is 17.4 Å². The number of ketones is 1. The summed E-state index contributed by atoms with van der Waals surface area (Å²) in [5.74, 6) is 1.29. The molecule has 154 valence electrons. The molecule has 4 heterocycles. The molecule has 1 atom stereocenters. The monoisotopic (exact) mass is 432 g/mol. The highest BCUT2D eigenvalue weighted by atomic mass is 32.2. The lowest BCUT2D eigenvalue weighted by molar-refractivity contribution is 0.0957. The van der Waals surface area contributed by atoms with Gasteiger partial charge >= 0.3 is 0 Å². The number of aryl methyl sites for hydroxylation is 1. The summed E-state index contributed by atoms with van der Waals surface area (Å²) in [7, 11) is 0. The van der Waals surface area contributed by atoms with E-state index in [1.807, 2.05) is 32.0 Å². The van der Waals surface area contributed by atoms with Gasteiger partial charge in [0.2, 0.25) is 5.13 Å². The molecule has 1 aliphatic heterocycles. The Kier molecular flexibility index (Phi) is 6.37. The zero-order chi connectivity index (χ0) is 20.2. The van der Waals surface area contributed by atoms with E-state index < -0.39 is 0 Å². The van der Waals surface area contributed by atoms with Gasteiger partial charge in [0, 0.05) is 30.1 Å². The number of thioether (sulfide) groups is 1. The number of aromatic nitrogens is 3. The van der Waals surface area contributed by atoms with E-state index in [4.69, 9.17) is 9.15 Å². The molecule has 0 amide bonds. The summed E-state index contributed by atoms with van der Waals surface area (Å²) in [6.07, 6.45) is 4.10. The standard InChI is InChI=1S/C20H24N4O3S2/c1-13-9-17(14(2)24(13)11-16-6-4-8-27-16)18(25)12-28-20-23-22-19(29-20)21-10-15-5-3-7-26-15/h3,5,7,9,16H,4,6,8,10-12H2,1-2H3,(H,21,22). The van der Waals surface area contributed by atoms with Crippen molar-refractivity contribution in [2.24, 2.45) is 0 Å². The fourth-order valence-electron chi connectivity index (χ4n) is 3.48. The Balaban J connectivity index is 1.32. The Bertz CT molecular complexity index is 959. The minimum absolute atomic E-state index is 0.113. The molecule has 1 fully saturated rings. The molecule has 0 bridgehead atoms. The van der Waals surface area contributed by atoms with Crippen molar-refractivity contribution in [3.05, 3.63) is 47.2 Å². The van der Waals surface area contributed by atoms with Crippen LogP contribution >= 0.6 is 23.1 Å². The zero-order valence-corrected chi connectivity index (χ0v) is 18.1. The SMILES string of the molecule is Cc1cc(C(=O)CSc2nnc(NCc3ccco3)s2)c(C)n1CC1CCCO1. The van der Waals surface area contributed by atoms with Gasteiger partial charge in [0.25, 0.3) is 0 Å². The molecular weight excluding hydrogens is 408 g/mol. The normalized spacial score (nSPS) is 16.4. The number of nitrogens with zero attached hydrogens (tertiary/aromatic N) is 3. The molecule has 1 N–H and O–H groups in total. The van der Waals surface area contributed by atoms with Gasteiger partial charge in [-0.05, 0) is 44.9 Å². The Labute approximate surface area is 177 Å². The predicted molar refractivity (Wildman–Crippen MR) is 114 cm³/mol. The van der Waals surface area contributed by atoms with E-state index in [2.05, 4.69) is 20.1 Å². The molecule has 0 radical (unpaired) electrons. The molecule has 0 saturated carbocycles. The lowest BCUT2D eigenvalue weighted by Crippen LogP contribution is -2.17. The second-order valence-corrected chi connectivity index (χ2v) is 9.25. The number of rotatable bonds is 9. The quantitative estimate of drug-likeness (QED) is 0.398. The maximum Gasteiger partial charge on any atom is 0.206 e. The van der Waals surface area contributed by atoms with Crippen LogP contribution in [0.3, 0.4) is 0 Å². The molecule has 1 aliphatic rings. The third kappa shape index (κ3) is 4.91. The van der Waals surface area contributed by atoms with Gasteiger partial charge in [0.15, 0.2) is 10.1 Å². The third-order valence-corrected chi connectivity index (χ3v) is 7.03. The minimum Gasteiger partial charge on any atom is -0.467 e. The summed E-state index contributed by atoms with van der Waals surface area (Å²) in [6.45, 7) is 6.28. The van der Waals surface area contributed by atoms with Crippen LogP contribution in [0.4, 0.5) is 5.13 Å². The van der Waals surface area contributed by atoms with Crippen LogP contribution in [0.5, 0.6) is 0 Å². The summed E-state index contributed by atoms with van der Waals surface area (Å²) in [5, 5.41) is 12.2. The first kappa shape index (κ1) is 20.2. The molecule has 7 nitrogen and oxygen atoms in total.